The van der Waals surface area contributed by atoms with Crippen molar-refractivity contribution in [3.05, 3.63) is 113 Å². The molecule has 2 aromatic heterocycles. The van der Waals surface area contributed by atoms with Gasteiger partial charge in [0.2, 0.25) is 17.7 Å². The molecule has 5 fully saturated rings. The monoisotopic (exact) mass is 1230 g/mol. The summed E-state index contributed by atoms with van der Waals surface area (Å²) in [5, 5.41) is 11.2. The van der Waals surface area contributed by atoms with Gasteiger partial charge in [-0.25, -0.2) is 14.8 Å². The summed E-state index contributed by atoms with van der Waals surface area (Å²) in [6, 6.07) is 22.9. The molecule has 3 aromatic carbocycles. The quantitative estimate of drug-likeness (QED) is 0.0586. The number of likely N-dealkylation sites (tertiary alicyclic amines) is 2. The molecule has 1 unspecified atom stereocenters. The second kappa shape index (κ2) is 29.5. The fraction of sp³-hybridized carbons (Fsp3) is 0.561. The van der Waals surface area contributed by atoms with E-state index in [0.29, 0.717) is 94.7 Å². The first-order valence-electron chi connectivity index (χ1n) is 31.7. The lowest BCUT2D eigenvalue weighted by atomic mass is 9.85. The molecule has 5 aromatic rings. The van der Waals surface area contributed by atoms with E-state index in [-0.39, 0.29) is 42.1 Å². The lowest BCUT2D eigenvalue weighted by Crippen LogP contribution is -2.64. The first-order chi connectivity index (χ1) is 42.5. The molecule has 4 N–H and O–H groups in total. The van der Waals surface area contributed by atoms with E-state index in [1.165, 1.54) is 6.33 Å². The first-order valence-corrected chi connectivity index (χ1v) is 32.1. The highest BCUT2D eigenvalue weighted by Gasteiger charge is 2.45. The summed E-state index contributed by atoms with van der Waals surface area (Å²) in [6.45, 7) is 20.7. The Bertz CT molecular complexity index is 3160. The predicted octanol–water partition coefficient (Wildman–Crippen LogP) is 6.94. The van der Waals surface area contributed by atoms with Crippen molar-refractivity contribution in [3.8, 4) is 11.5 Å². The van der Waals surface area contributed by atoms with Gasteiger partial charge in [0.25, 0.3) is 5.91 Å². The topological polar surface area (TPSA) is 213 Å². The standard InChI is InChI=1S/C66H90ClN13O8/c1-6-87-57-40-54(86-5)17-14-51(57)41-68-42-58(81)80-25-8-11-52(44-80)49-9-7-10-50(39-49)62(83)79-27-19-47(20-28-79)43-75-31-33-76(34-32-75)45-59(82)77-37-35-74(36-38-77)26-21-56(48-12-15-53(67)16-13-48)72-63(84)66(73-64(85)88-65(2,3)4)22-29-78(30-23-66)61-55-18-24-69-60(55)70-46-71-61/h7,9-10,12-18,24,39-40,46-47,52,56,68H,6,8,11,19-23,25-38,41-45H2,1-5H3,(H,72,84)(H,73,85)(H,69,70,71)/t52?,56-/m0/s1. The zero-order valence-electron chi connectivity index (χ0n) is 52.1. The minimum Gasteiger partial charge on any atom is -0.497 e. The number of piperidine rings is 3. The summed E-state index contributed by atoms with van der Waals surface area (Å²) in [6.07, 6.45) is 7.79. The number of aromatic amines is 1. The third kappa shape index (κ3) is 16.6. The Balaban J connectivity index is 0.638. The second-order valence-corrected chi connectivity index (χ2v) is 25.8. The summed E-state index contributed by atoms with van der Waals surface area (Å²) in [7, 11) is 1.63. The normalized spacial score (nSPS) is 19.5. The molecule has 0 aliphatic carbocycles. The Morgan fingerprint density at radius 2 is 1.52 bits per heavy atom. The van der Waals surface area contributed by atoms with Gasteiger partial charge in [0.15, 0.2) is 0 Å². The molecule has 7 heterocycles. The van der Waals surface area contributed by atoms with E-state index in [1.807, 2.05) is 88.5 Å². The fourth-order valence-electron chi connectivity index (χ4n) is 13.2. The van der Waals surface area contributed by atoms with Crippen molar-refractivity contribution in [2.24, 2.45) is 5.92 Å². The van der Waals surface area contributed by atoms with Gasteiger partial charge in [-0.05, 0) is 126 Å². The van der Waals surface area contributed by atoms with Crippen molar-refractivity contribution in [3.63, 3.8) is 0 Å². The maximum absolute atomic E-state index is 14.8. The molecule has 0 bridgehead atoms. The van der Waals surface area contributed by atoms with Crippen molar-refractivity contribution in [1.29, 1.82) is 0 Å². The number of piperazine rings is 2. The van der Waals surface area contributed by atoms with Crippen LogP contribution in [-0.2, 0) is 25.7 Å². The summed E-state index contributed by atoms with van der Waals surface area (Å²) >= 11 is 6.36. The number of benzene rings is 3. The molecular formula is C66H90ClN13O8. The Morgan fingerprint density at radius 1 is 0.784 bits per heavy atom. The number of hydrogen-bond donors (Lipinski definition) is 4. The average molecular weight is 1230 g/mol. The number of amides is 5. The fourth-order valence-corrected chi connectivity index (χ4v) is 13.3. The Hall–Kier alpha value is -7.04. The van der Waals surface area contributed by atoms with Gasteiger partial charge in [-0.15, -0.1) is 0 Å². The lowest BCUT2D eigenvalue weighted by molar-refractivity contribution is -0.135. The number of hydrogen-bond acceptors (Lipinski definition) is 15. The van der Waals surface area contributed by atoms with E-state index in [0.717, 1.165) is 136 Å². The zero-order valence-corrected chi connectivity index (χ0v) is 52.8. The number of alkyl carbamates (subject to hydrolysis) is 1. The number of carbonyl (C=O) groups excluding carboxylic acids is 5. The summed E-state index contributed by atoms with van der Waals surface area (Å²) < 4.78 is 16.9. The summed E-state index contributed by atoms with van der Waals surface area (Å²) in [5.74, 6) is 2.96. The van der Waals surface area contributed by atoms with Gasteiger partial charge in [-0.2, -0.15) is 0 Å². The minimum atomic E-state index is -1.24. The molecule has 21 nitrogen and oxygen atoms in total. The molecule has 474 valence electrons. The van der Waals surface area contributed by atoms with Gasteiger partial charge in [0, 0.05) is 146 Å². The molecule has 2 atom stereocenters. The van der Waals surface area contributed by atoms with Gasteiger partial charge in [-0.3, -0.25) is 29.0 Å². The lowest BCUT2D eigenvalue weighted by Gasteiger charge is -2.42. The molecule has 5 saturated heterocycles. The second-order valence-electron chi connectivity index (χ2n) is 25.3. The number of ether oxygens (including phenoxy) is 3. The number of nitrogens with one attached hydrogen (secondary N) is 4. The molecule has 10 rings (SSSR count). The molecule has 88 heavy (non-hydrogen) atoms. The van der Waals surface area contributed by atoms with Gasteiger partial charge in [-0.1, -0.05) is 41.9 Å². The van der Waals surface area contributed by atoms with Gasteiger partial charge < -0.3 is 59.6 Å². The van der Waals surface area contributed by atoms with E-state index >= 15 is 0 Å². The van der Waals surface area contributed by atoms with Crippen LogP contribution in [0.2, 0.25) is 5.02 Å². The van der Waals surface area contributed by atoms with Crippen LogP contribution in [-0.4, -0.2) is 217 Å². The number of fused-ring (bicyclic) bond motifs is 1. The van der Waals surface area contributed by atoms with Crippen LogP contribution in [0.1, 0.15) is 112 Å². The Morgan fingerprint density at radius 3 is 2.25 bits per heavy atom. The highest BCUT2D eigenvalue weighted by atomic mass is 35.5. The van der Waals surface area contributed by atoms with E-state index in [1.54, 1.807) is 27.9 Å². The van der Waals surface area contributed by atoms with E-state index in [4.69, 9.17) is 25.8 Å². The number of methoxy groups -OCH3 is 1. The van der Waals surface area contributed by atoms with Crippen LogP contribution >= 0.6 is 11.6 Å². The van der Waals surface area contributed by atoms with Crippen LogP contribution in [0, 0.1) is 5.92 Å². The molecule has 5 aliphatic rings. The van der Waals surface area contributed by atoms with Gasteiger partial charge in [0.1, 0.15) is 40.4 Å². The van der Waals surface area contributed by atoms with Crippen LogP contribution in [0.5, 0.6) is 11.5 Å². The van der Waals surface area contributed by atoms with Crippen molar-refractivity contribution < 1.29 is 38.2 Å². The molecule has 0 spiro atoms. The van der Waals surface area contributed by atoms with E-state index < -0.39 is 17.2 Å². The Kier molecular flexibility index (Phi) is 21.5. The van der Waals surface area contributed by atoms with Crippen molar-refractivity contribution in [2.45, 2.75) is 102 Å². The van der Waals surface area contributed by atoms with Crippen molar-refractivity contribution in [2.75, 3.05) is 136 Å². The molecular weight excluding hydrogens is 1140 g/mol. The van der Waals surface area contributed by atoms with Crippen LogP contribution in [0.25, 0.3) is 11.0 Å². The van der Waals surface area contributed by atoms with E-state index in [9.17, 15) is 24.0 Å². The minimum absolute atomic E-state index is 0.0709. The maximum Gasteiger partial charge on any atom is 0.408 e. The average Bonchev–Trinajstić information content (AvgIpc) is 1.61. The number of halogens is 1. The van der Waals surface area contributed by atoms with Crippen LogP contribution in [0.15, 0.2) is 85.3 Å². The maximum atomic E-state index is 14.8. The predicted molar refractivity (Wildman–Crippen MR) is 340 cm³/mol. The smallest absolute Gasteiger partial charge is 0.408 e. The van der Waals surface area contributed by atoms with E-state index in [2.05, 4.69) is 62.6 Å². The Labute approximate surface area is 523 Å². The van der Waals surface area contributed by atoms with Gasteiger partial charge >= 0.3 is 6.09 Å². The number of aromatic nitrogens is 3. The number of H-pyrrole nitrogens is 1. The molecule has 5 aliphatic heterocycles. The van der Waals surface area contributed by atoms with Crippen LogP contribution in [0.4, 0.5) is 10.6 Å². The molecule has 0 saturated carbocycles. The zero-order chi connectivity index (χ0) is 61.8. The summed E-state index contributed by atoms with van der Waals surface area (Å²) in [5.41, 5.74) is 2.44. The number of nitrogens with zero attached hydrogens (tertiary/aromatic N) is 9. The van der Waals surface area contributed by atoms with Crippen molar-refractivity contribution in [1.82, 2.24) is 60.3 Å². The molecule has 5 amide bonds. The summed E-state index contributed by atoms with van der Waals surface area (Å²) in [4.78, 5) is 96.7. The number of carbonyl (C=O) groups is 5. The largest absolute Gasteiger partial charge is 0.497 e. The first kappa shape index (κ1) is 64.0. The number of anilines is 1. The van der Waals surface area contributed by atoms with Crippen LogP contribution < -0.4 is 30.3 Å². The highest BCUT2D eigenvalue weighted by Crippen LogP contribution is 2.33. The highest BCUT2D eigenvalue weighted by molar-refractivity contribution is 6.30. The molecule has 0 radical (unpaired) electrons. The van der Waals surface area contributed by atoms with Gasteiger partial charge in [0.05, 0.1) is 38.2 Å². The third-order valence-corrected chi connectivity index (χ3v) is 18.5. The number of rotatable bonds is 21. The SMILES string of the molecule is CCOc1cc(OC)ccc1CNCC(=O)N1CCCC(c2cccc(C(=O)N3CCC(CN4CCN(CC(=O)N5CCN(CC[C@H](NC(=O)C6(NC(=O)OC(C)(C)C)CCN(c7ncnc8[nH]ccc78)CC6)c6ccc(Cl)cc6)CC5)CC4)CC3)c2)C1. The molecule has 22 heteroatoms. The van der Waals surface area contributed by atoms with Crippen molar-refractivity contribution >= 4 is 58.2 Å². The third-order valence-electron chi connectivity index (χ3n) is 18.2. The van der Waals surface area contributed by atoms with Crippen LogP contribution in [0.3, 0.4) is 0 Å².